The van der Waals surface area contributed by atoms with E-state index in [4.69, 9.17) is 9.47 Å². The molecule has 1 aromatic carbocycles. The highest BCUT2D eigenvalue weighted by atomic mass is 32.2. The fourth-order valence-corrected chi connectivity index (χ4v) is 6.28. The van der Waals surface area contributed by atoms with Gasteiger partial charge in [-0.25, -0.2) is 0 Å². The van der Waals surface area contributed by atoms with Crippen molar-refractivity contribution in [2.45, 2.75) is 70.0 Å². The molecule has 2 aliphatic heterocycles. The van der Waals surface area contributed by atoms with Crippen LogP contribution in [0.5, 0.6) is 0 Å². The molecule has 2 N–H and O–H groups in total. The average Bonchev–Trinajstić information content (AvgIpc) is 3.14. The number of para-hydroxylation sites is 1. The Morgan fingerprint density at radius 2 is 1.95 bits per heavy atom. The first-order valence-electron chi connectivity index (χ1n) is 12.8. The third-order valence-corrected chi connectivity index (χ3v) is 8.60. The summed E-state index contributed by atoms with van der Waals surface area (Å²) in [6, 6.07) is 10.1. The molecule has 2 aliphatic rings. The summed E-state index contributed by atoms with van der Waals surface area (Å²) in [5, 5.41) is 3.86. The number of pyridine rings is 1. The number of nitrogens with zero attached hydrogens (tertiary/aromatic N) is 2. The summed E-state index contributed by atoms with van der Waals surface area (Å²) in [6.45, 7) is 11.4. The van der Waals surface area contributed by atoms with Crippen LogP contribution in [0.1, 0.15) is 47.6 Å². The second kappa shape index (κ2) is 10.3. The second-order valence-corrected chi connectivity index (χ2v) is 11.5. The molecule has 198 valence electrons. The SMILES string of the molecule is CSc1cc(C)[nH]c(=O)c1CNC(=O)c1c(C)n(CC2OCC(N3CCC3(C)C)CO2)c2ccccc12. The van der Waals surface area contributed by atoms with Crippen LogP contribution in [0.3, 0.4) is 0 Å². The Hall–Kier alpha value is -2.59. The Balaban J connectivity index is 1.33. The topological polar surface area (TPSA) is 88.6 Å². The maximum atomic E-state index is 13.4. The lowest BCUT2D eigenvalue weighted by atomic mass is 9.87. The molecule has 0 saturated carbocycles. The monoisotopic (exact) mass is 524 g/mol. The number of benzene rings is 1. The molecule has 0 radical (unpaired) electrons. The van der Waals surface area contributed by atoms with Gasteiger partial charge in [-0.15, -0.1) is 11.8 Å². The number of carbonyl (C=O) groups is 1. The zero-order valence-electron chi connectivity index (χ0n) is 22.2. The quantitative estimate of drug-likeness (QED) is 0.457. The maximum Gasteiger partial charge on any atom is 0.254 e. The van der Waals surface area contributed by atoms with Crippen LogP contribution in [0.4, 0.5) is 0 Å². The molecule has 0 atom stereocenters. The van der Waals surface area contributed by atoms with Crippen LogP contribution in [0.15, 0.2) is 40.0 Å². The molecular formula is C28H36N4O4S. The molecule has 0 unspecified atom stereocenters. The van der Waals surface area contributed by atoms with Gasteiger partial charge in [0.2, 0.25) is 0 Å². The number of thioether (sulfide) groups is 1. The standard InChI is InChI=1S/C28H36N4O4S/c1-17-12-23(37-5)21(26(33)30-17)13-29-27(34)25-18(2)31(22-9-7-6-8-20(22)25)14-24-35-15-19(16-36-24)32-11-10-28(32,3)4/h6-9,12,19,24H,10-11,13-16H2,1-5H3,(H,29,34)(H,30,33). The minimum absolute atomic E-state index is 0.159. The smallest absolute Gasteiger partial charge is 0.254 e. The number of likely N-dealkylation sites (tertiary alicyclic amines) is 1. The van der Waals surface area contributed by atoms with Crippen molar-refractivity contribution in [3.8, 4) is 0 Å². The van der Waals surface area contributed by atoms with E-state index in [0.29, 0.717) is 30.9 Å². The van der Waals surface area contributed by atoms with Crippen molar-refractivity contribution in [1.29, 1.82) is 0 Å². The van der Waals surface area contributed by atoms with E-state index in [0.717, 1.165) is 33.7 Å². The number of ether oxygens (including phenoxy) is 2. The molecule has 3 aromatic rings. The molecule has 5 rings (SSSR count). The Morgan fingerprint density at radius 3 is 2.59 bits per heavy atom. The number of nitrogens with one attached hydrogen (secondary N) is 2. The highest BCUT2D eigenvalue weighted by Crippen LogP contribution is 2.33. The predicted octanol–water partition coefficient (Wildman–Crippen LogP) is 3.82. The summed E-state index contributed by atoms with van der Waals surface area (Å²) in [6.07, 6.45) is 2.75. The van der Waals surface area contributed by atoms with Crippen LogP contribution >= 0.6 is 11.8 Å². The van der Waals surface area contributed by atoms with Gasteiger partial charge in [-0.1, -0.05) is 18.2 Å². The number of aromatic nitrogens is 2. The van der Waals surface area contributed by atoms with Crippen molar-refractivity contribution in [3.05, 3.63) is 63.2 Å². The van der Waals surface area contributed by atoms with Gasteiger partial charge in [0.05, 0.1) is 31.4 Å². The van der Waals surface area contributed by atoms with E-state index in [1.807, 2.05) is 50.4 Å². The summed E-state index contributed by atoms with van der Waals surface area (Å²) in [5.41, 5.74) is 3.82. The van der Waals surface area contributed by atoms with Gasteiger partial charge in [-0.3, -0.25) is 14.5 Å². The van der Waals surface area contributed by atoms with Gasteiger partial charge in [-0.2, -0.15) is 0 Å². The molecule has 2 fully saturated rings. The zero-order valence-corrected chi connectivity index (χ0v) is 23.0. The Bertz CT molecular complexity index is 1370. The van der Waals surface area contributed by atoms with Gasteiger partial charge in [0.25, 0.3) is 11.5 Å². The van der Waals surface area contributed by atoms with Crippen molar-refractivity contribution in [2.24, 2.45) is 0 Å². The summed E-state index contributed by atoms with van der Waals surface area (Å²) in [7, 11) is 0. The fourth-order valence-electron chi connectivity index (χ4n) is 5.58. The summed E-state index contributed by atoms with van der Waals surface area (Å²) < 4.78 is 14.4. The lowest BCUT2D eigenvalue weighted by Crippen LogP contribution is -2.63. The third-order valence-electron chi connectivity index (χ3n) is 7.80. The Labute approximate surface area is 221 Å². The van der Waals surface area contributed by atoms with Crippen molar-refractivity contribution in [2.75, 3.05) is 26.0 Å². The number of rotatable bonds is 7. The molecule has 2 aromatic heterocycles. The highest BCUT2D eigenvalue weighted by molar-refractivity contribution is 7.98. The number of aromatic amines is 1. The van der Waals surface area contributed by atoms with Gasteiger partial charge < -0.3 is 24.3 Å². The van der Waals surface area contributed by atoms with Crippen molar-refractivity contribution >= 4 is 28.6 Å². The normalized spacial score (nSPS) is 21.6. The Kier molecular flexibility index (Phi) is 7.24. The molecular weight excluding hydrogens is 488 g/mol. The van der Waals surface area contributed by atoms with Gasteiger partial charge in [-0.05, 0) is 52.5 Å². The number of hydrogen-bond acceptors (Lipinski definition) is 6. The lowest BCUT2D eigenvalue weighted by molar-refractivity contribution is -0.226. The van der Waals surface area contributed by atoms with E-state index in [-0.39, 0.29) is 35.9 Å². The van der Waals surface area contributed by atoms with E-state index in [9.17, 15) is 9.59 Å². The molecule has 0 spiro atoms. The molecule has 37 heavy (non-hydrogen) atoms. The minimum Gasteiger partial charge on any atom is -0.349 e. The van der Waals surface area contributed by atoms with E-state index >= 15 is 0 Å². The largest absolute Gasteiger partial charge is 0.349 e. The van der Waals surface area contributed by atoms with Crippen LogP contribution < -0.4 is 10.9 Å². The van der Waals surface area contributed by atoms with Gasteiger partial charge >= 0.3 is 0 Å². The molecule has 9 heteroatoms. The van der Waals surface area contributed by atoms with Crippen LogP contribution in [-0.2, 0) is 22.6 Å². The van der Waals surface area contributed by atoms with Crippen LogP contribution in [0.25, 0.3) is 10.9 Å². The van der Waals surface area contributed by atoms with Crippen molar-refractivity contribution in [3.63, 3.8) is 0 Å². The number of carbonyl (C=O) groups excluding carboxylic acids is 1. The van der Waals surface area contributed by atoms with Gasteiger partial charge in [0.15, 0.2) is 6.29 Å². The molecule has 4 heterocycles. The van der Waals surface area contributed by atoms with Crippen LogP contribution in [0.2, 0.25) is 0 Å². The highest BCUT2D eigenvalue weighted by Gasteiger charge is 2.42. The molecule has 1 amide bonds. The van der Waals surface area contributed by atoms with E-state index in [2.05, 4.69) is 33.6 Å². The molecule has 8 nitrogen and oxygen atoms in total. The van der Waals surface area contributed by atoms with Crippen LogP contribution in [-0.4, -0.2) is 64.2 Å². The number of amides is 1. The summed E-state index contributed by atoms with van der Waals surface area (Å²) >= 11 is 1.50. The van der Waals surface area contributed by atoms with E-state index < -0.39 is 0 Å². The first-order valence-corrected chi connectivity index (χ1v) is 14.0. The number of aryl methyl sites for hydroxylation is 1. The predicted molar refractivity (Wildman–Crippen MR) is 146 cm³/mol. The number of hydrogen-bond donors (Lipinski definition) is 2. The fraction of sp³-hybridized carbons (Fsp3) is 0.500. The van der Waals surface area contributed by atoms with Crippen molar-refractivity contribution < 1.29 is 14.3 Å². The number of H-pyrrole nitrogens is 1. The second-order valence-electron chi connectivity index (χ2n) is 10.6. The summed E-state index contributed by atoms with van der Waals surface area (Å²) in [5.74, 6) is -0.204. The average molecular weight is 525 g/mol. The Morgan fingerprint density at radius 1 is 1.22 bits per heavy atom. The van der Waals surface area contributed by atoms with Gasteiger partial charge in [0.1, 0.15) is 0 Å². The van der Waals surface area contributed by atoms with Gasteiger partial charge in [0, 0.05) is 51.4 Å². The van der Waals surface area contributed by atoms with Crippen molar-refractivity contribution in [1.82, 2.24) is 19.8 Å². The van der Waals surface area contributed by atoms with E-state index in [1.165, 1.54) is 18.2 Å². The molecule has 0 aliphatic carbocycles. The molecule has 0 bridgehead atoms. The lowest BCUT2D eigenvalue weighted by Gasteiger charge is -2.53. The van der Waals surface area contributed by atoms with Crippen LogP contribution in [0, 0.1) is 13.8 Å². The first-order chi connectivity index (χ1) is 17.7. The number of fused-ring (bicyclic) bond motifs is 1. The first kappa shape index (κ1) is 26.0. The van der Waals surface area contributed by atoms with E-state index in [1.54, 1.807) is 0 Å². The maximum absolute atomic E-state index is 13.4. The minimum atomic E-state index is -0.374. The summed E-state index contributed by atoms with van der Waals surface area (Å²) in [4.78, 5) is 32.1. The molecule has 2 saturated heterocycles. The zero-order chi connectivity index (χ0) is 26.3. The third kappa shape index (κ3) is 4.97.